The number of carbonyl (C=O) groups is 1. The number of nitrogens with zero attached hydrogens (tertiary/aromatic N) is 2. The fourth-order valence-electron chi connectivity index (χ4n) is 2.73. The van der Waals surface area contributed by atoms with Crippen LogP contribution >= 0.6 is 31.9 Å². The van der Waals surface area contributed by atoms with Crippen LogP contribution in [0.1, 0.15) is 30.5 Å². The Labute approximate surface area is 190 Å². The molecule has 0 saturated carbocycles. The first-order valence-electron chi connectivity index (χ1n) is 9.05. The van der Waals surface area contributed by atoms with E-state index in [2.05, 4.69) is 50.7 Å². The maximum atomic E-state index is 12.3. The molecule has 156 valence electrons. The van der Waals surface area contributed by atoms with Crippen LogP contribution in [-0.4, -0.2) is 23.4 Å². The molecule has 0 N–H and O–H groups in total. The molecule has 0 saturated heterocycles. The minimum atomic E-state index is -0.589. The van der Waals surface area contributed by atoms with E-state index in [9.17, 15) is 14.9 Å². The molecule has 0 fully saturated rings. The number of benzene rings is 2. The van der Waals surface area contributed by atoms with Gasteiger partial charge in [-0.2, -0.15) is 0 Å². The first kappa shape index (κ1) is 22.2. The number of esters is 1. The minimum absolute atomic E-state index is 0.00563. The molecule has 0 aliphatic carbocycles. The Hall–Kier alpha value is -2.52. The monoisotopic (exact) mass is 536 g/mol. The Bertz CT molecular complexity index is 1070. The van der Waals surface area contributed by atoms with Crippen LogP contribution in [0.3, 0.4) is 0 Å². The van der Waals surface area contributed by atoms with Crippen molar-refractivity contribution in [1.29, 1.82) is 0 Å². The zero-order valence-corrected chi connectivity index (χ0v) is 19.6. The highest BCUT2D eigenvalue weighted by Crippen LogP contribution is 2.36. The third-order valence-corrected chi connectivity index (χ3v) is 5.32. The number of ether oxygens (including phenoxy) is 2. The Morgan fingerprint density at radius 1 is 1.23 bits per heavy atom. The fourth-order valence-corrected chi connectivity index (χ4v) is 4.19. The molecule has 30 heavy (non-hydrogen) atoms. The maximum absolute atomic E-state index is 12.3. The summed E-state index contributed by atoms with van der Waals surface area (Å²) in [5, 5.41) is 11.0. The Morgan fingerprint density at radius 2 is 1.90 bits per heavy atom. The number of halogens is 2. The van der Waals surface area contributed by atoms with Crippen molar-refractivity contribution >= 4 is 55.5 Å². The van der Waals surface area contributed by atoms with Crippen LogP contribution in [0.5, 0.6) is 5.75 Å². The van der Waals surface area contributed by atoms with E-state index in [0.717, 1.165) is 14.5 Å². The van der Waals surface area contributed by atoms with E-state index in [-0.39, 0.29) is 17.3 Å². The largest absolute Gasteiger partial charge is 0.491 e. The van der Waals surface area contributed by atoms with E-state index in [4.69, 9.17) is 9.47 Å². The molecule has 9 heteroatoms. The van der Waals surface area contributed by atoms with Crippen LogP contribution < -0.4 is 4.74 Å². The normalized spacial score (nSPS) is 14.8. The second-order valence-corrected chi connectivity index (χ2v) is 8.82. The van der Waals surface area contributed by atoms with Crippen molar-refractivity contribution in [2.75, 3.05) is 6.61 Å². The molecular formula is C21H18Br2N2O5. The molecular weight excluding hydrogens is 520 g/mol. The molecule has 1 aliphatic heterocycles. The van der Waals surface area contributed by atoms with Gasteiger partial charge in [0, 0.05) is 17.2 Å². The number of rotatable bonds is 6. The van der Waals surface area contributed by atoms with Crippen LogP contribution in [0.15, 0.2) is 50.0 Å². The summed E-state index contributed by atoms with van der Waals surface area (Å²) in [6.07, 6.45) is 1.61. The Balaban J connectivity index is 1.89. The number of hydrogen-bond donors (Lipinski definition) is 0. The molecule has 0 unspecified atom stereocenters. The van der Waals surface area contributed by atoms with E-state index in [1.807, 2.05) is 12.1 Å². The zero-order chi connectivity index (χ0) is 22.0. The third kappa shape index (κ3) is 4.96. The van der Waals surface area contributed by atoms with Crippen LogP contribution in [0.25, 0.3) is 6.08 Å². The van der Waals surface area contributed by atoms with Crippen molar-refractivity contribution in [2.24, 2.45) is 10.9 Å². The summed E-state index contributed by atoms with van der Waals surface area (Å²) in [6, 6.07) is 8.09. The van der Waals surface area contributed by atoms with Crippen molar-refractivity contribution in [2.45, 2.75) is 20.8 Å². The number of nitro groups is 1. The van der Waals surface area contributed by atoms with Gasteiger partial charge in [0.2, 0.25) is 5.90 Å². The molecule has 0 amide bonds. The van der Waals surface area contributed by atoms with Gasteiger partial charge < -0.3 is 9.47 Å². The first-order chi connectivity index (χ1) is 14.2. The van der Waals surface area contributed by atoms with Crippen molar-refractivity contribution in [3.8, 4) is 5.75 Å². The lowest BCUT2D eigenvalue weighted by Crippen LogP contribution is -2.06. The molecule has 0 radical (unpaired) electrons. The van der Waals surface area contributed by atoms with E-state index in [0.29, 0.717) is 29.4 Å². The SMILES string of the molecule is Cc1cc(C2=N/C(=C\c3cc(Br)c(OCC(C)C)c(Br)c3)C(=O)O2)ccc1[N+](=O)[O-]. The molecule has 0 bridgehead atoms. The molecule has 2 aromatic rings. The molecule has 7 nitrogen and oxygen atoms in total. The quantitative estimate of drug-likeness (QED) is 0.201. The van der Waals surface area contributed by atoms with Crippen molar-refractivity contribution < 1.29 is 19.2 Å². The highest BCUT2D eigenvalue weighted by atomic mass is 79.9. The van der Waals surface area contributed by atoms with Gasteiger partial charge in [-0.3, -0.25) is 10.1 Å². The molecule has 0 aromatic heterocycles. The summed E-state index contributed by atoms with van der Waals surface area (Å²) < 4.78 is 12.6. The molecule has 2 aromatic carbocycles. The Kier molecular flexibility index (Phi) is 6.72. The van der Waals surface area contributed by atoms with Crippen LogP contribution in [0.4, 0.5) is 5.69 Å². The predicted octanol–water partition coefficient (Wildman–Crippen LogP) is 5.81. The summed E-state index contributed by atoms with van der Waals surface area (Å²) in [7, 11) is 0. The standard InChI is InChI=1S/C21H18Br2N2O5/c1-11(2)10-29-19-15(22)7-13(8-16(19)23)9-17-21(26)30-20(24-17)14-4-5-18(25(27)28)12(3)6-14/h4-9,11H,10H2,1-3H3/b17-9-. The topological polar surface area (TPSA) is 91.0 Å². The molecule has 0 spiro atoms. The average Bonchev–Trinajstić information content (AvgIpc) is 3.01. The summed E-state index contributed by atoms with van der Waals surface area (Å²) in [6.45, 7) is 6.32. The van der Waals surface area contributed by atoms with Gasteiger partial charge in [-0.05, 0) is 80.6 Å². The van der Waals surface area contributed by atoms with Gasteiger partial charge in [-0.1, -0.05) is 13.8 Å². The number of aliphatic imine (C=N–C) groups is 1. The zero-order valence-electron chi connectivity index (χ0n) is 16.4. The maximum Gasteiger partial charge on any atom is 0.363 e. The van der Waals surface area contributed by atoms with Gasteiger partial charge >= 0.3 is 5.97 Å². The van der Waals surface area contributed by atoms with Crippen molar-refractivity contribution in [3.05, 3.63) is 71.8 Å². The average molecular weight is 538 g/mol. The minimum Gasteiger partial charge on any atom is -0.491 e. The van der Waals surface area contributed by atoms with Crippen LogP contribution in [0.2, 0.25) is 0 Å². The number of nitro benzene ring substituents is 1. The summed E-state index contributed by atoms with van der Waals surface area (Å²) in [4.78, 5) is 27.1. The van der Waals surface area contributed by atoms with Gasteiger partial charge in [-0.25, -0.2) is 9.79 Å². The summed E-state index contributed by atoms with van der Waals surface area (Å²) in [5.41, 5.74) is 1.81. The highest BCUT2D eigenvalue weighted by Gasteiger charge is 2.25. The molecule has 1 heterocycles. The number of carbonyl (C=O) groups excluding carboxylic acids is 1. The van der Waals surface area contributed by atoms with Gasteiger partial charge in [0.25, 0.3) is 5.69 Å². The lowest BCUT2D eigenvalue weighted by Gasteiger charge is -2.13. The lowest BCUT2D eigenvalue weighted by atomic mass is 10.1. The van der Waals surface area contributed by atoms with E-state index in [1.54, 1.807) is 19.1 Å². The third-order valence-electron chi connectivity index (χ3n) is 4.15. The van der Waals surface area contributed by atoms with Gasteiger partial charge in [0.15, 0.2) is 5.70 Å². The summed E-state index contributed by atoms with van der Waals surface area (Å²) >= 11 is 6.99. The number of hydrogen-bond acceptors (Lipinski definition) is 6. The van der Waals surface area contributed by atoms with E-state index in [1.165, 1.54) is 12.1 Å². The van der Waals surface area contributed by atoms with Crippen molar-refractivity contribution in [3.63, 3.8) is 0 Å². The second kappa shape index (κ2) is 9.09. The van der Waals surface area contributed by atoms with Crippen LogP contribution in [-0.2, 0) is 9.53 Å². The number of cyclic esters (lactones) is 1. The molecule has 1 aliphatic rings. The number of aryl methyl sites for hydroxylation is 1. The van der Waals surface area contributed by atoms with E-state index >= 15 is 0 Å². The van der Waals surface area contributed by atoms with Gasteiger partial charge in [0.05, 0.1) is 20.5 Å². The highest BCUT2D eigenvalue weighted by molar-refractivity contribution is 9.11. The molecule has 3 rings (SSSR count). The smallest absolute Gasteiger partial charge is 0.363 e. The van der Waals surface area contributed by atoms with Crippen LogP contribution in [0, 0.1) is 23.0 Å². The molecule has 0 atom stereocenters. The predicted molar refractivity (Wildman–Crippen MR) is 121 cm³/mol. The van der Waals surface area contributed by atoms with Gasteiger partial charge in [0.1, 0.15) is 5.75 Å². The summed E-state index contributed by atoms with van der Waals surface area (Å²) in [5.74, 6) is 0.590. The second-order valence-electron chi connectivity index (χ2n) is 7.11. The van der Waals surface area contributed by atoms with Crippen molar-refractivity contribution in [1.82, 2.24) is 0 Å². The van der Waals surface area contributed by atoms with E-state index < -0.39 is 10.9 Å². The lowest BCUT2D eigenvalue weighted by molar-refractivity contribution is -0.385. The Morgan fingerprint density at radius 3 is 2.47 bits per heavy atom. The first-order valence-corrected chi connectivity index (χ1v) is 10.6. The fraction of sp³-hybridized carbons (Fsp3) is 0.238. The van der Waals surface area contributed by atoms with Gasteiger partial charge in [-0.15, -0.1) is 0 Å².